The van der Waals surface area contributed by atoms with Gasteiger partial charge in [-0.3, -0.25) is 0 Å². The molecular weight excluding hydrogens is 170 g/mol. The Balaban J connectivity index is 2.78. The van der Waals surface area contributed by atoms with E-state index in [4.69, 9.17) is 12.2 Å². The Morgan fingerprint density at radius 3 is 2.79 bits per heavy atom. The van der Waals surface area contributed by atoms with E-state index in [-0.39, 0.29) is 0 Å². The van der Waals surface area contributed by atoms with Crippen molar-refractivity contribution in [1.29, 1.82) is 0 Å². The summed E-state index contributed by atoms with van der Waals surface area (Å²) in [7, 11) is 0. The van der Waals surface area contributed by atoms with E-state index in [2.05, 4.69) is 12.0 Å². The SMILES string of the molecule is C#Cc1ccc2cccc(CN)c2c1. The minimum Gasteiger partial charge on any atom is -0.326 e. The van der Waals surface area contributed by atoms with Crippen molar-refractivity contribution in [2.75, 3.05) is 0 Å². The quantitative estimate of drug-likeness (QED) is 0.671. The van der Waals surface area contributed by atoms with Gasteiger partial charge in [0.15, 0.2) is 0 Å². The summed E-state index contributed by atoms with van der Waals surface area (Å²) >= 11 is 0. The Labute approximate surface area is 83.5 Å². The van der Waals surface area contributed by atoms with Gasteiger partial charge in [-0.25, -0.2) is 0 Å². The predicted molar refractivity (Wildman–Crippen MR) is 59.8 cm³/mol. The molecule has 0 unspecified atom stereocenters. The smallest absolute Gasteiger partial charge is 0.0249 e. The molecule has 0 fully saturated rings. The van der Waals surface area contributed by atoms with E-state index in [0.29, 0.717) is 6.54 Å². The Hall–Kier alpha value is -1.78. The van der Waals surface area contributed by atoms with Crippen molar-refractivity contribution in [2.45, 2.75) is 6.54 Å². The highest BCUT2D eigenvalue weighted by molar-refractivity contribution is 5.86. The highest BCUT2D eigenvalue weighted by Crippen LogP contribution is 2.19. The number of benzene rings is 2. The van der Waals surface area contributed by atoms with Crippen LogP contribution in [0, 0.1) is 12.3 Å². The molecule has 0 radical (unpaired) electrons. The molecule has 1 nitrogen and oxygen atoms in total. The molecule has 0 aliphatic carbocycles. The molecule has 2 aromatic carbocycles. The molecule has 0 bridgehead atoms. The van der Waals surface area contributed by atoms with Crippen LogP contribution in [0.15, 0.2) is 36.4 Å². The van der Waals surface area contributed by atoms with Gasteiger partial charge in [0.1, 0.15) is 0 Å². The molecule has 0 aromatic heterocycles. The van der Waals surface area contributed by atoms with Gasteiger partial charge in [-0.1, -0.05) is 30.2 Å². The van der Waals surface area contributed by atoms with Crippen LogP contribution < -0.4 is 5.73 Å². The molecule has 2 rings (SSSR count). The van der Waals surface area contributed by atoms with Crippen molar-refractivity contribution in [1.82, 2.24) is 0 Å². The van der Waals surface area contributed by atoms with E-state index in [1.165, 1.54) is 5.39 Å². The molecule has 0 aliphatic heterocycles. The van der Waals surface area contributed by atoms with Crippen molar-refractivity contribution in [2.24, 2.45) is 5.73 Å². The highest BCUT2D eigenvalue weighted by Gasteiger charge is 1.99. The van der Waals surface area contributed by atoms with Crippen molar-refractivity contribution < 1.29 is 0 Å². The third-order valence-electron chi connectivity index (χ3n) is 2.36. The molecule has 0 saturated heterocycles. The Morgan fingerprint density at radius 1 is 1.21 bits per heavy atom. The fourth-order valence-corrected chi connectivity index (χ4v) is 1.61. The maximum absolute atomic E-state index is 5.66. The summed E-state index contributed by atoms with van der Waals surface area (Å²) < 4.78 is 0. The molecule has 0 aliphatic rings. The minimum atomic E-state index is 0.547. The third-order valence-corrected chi connectivity index (χ3v) is 2.36. The standard InChI is InChI=1S/C13H11N/c1-2-10-6-7-11-4-3-5-12(9-14)13(11)8-10/h1,3-8H,9,14H2. The van der Waals surface area contributed by atoms with E-state index in [1.807, 2.05) is 30.3 Å². The second kappa shape index (κ2) is 3.53. The molecule has 0 spiro atoms. The summed E-state index contributed by atoms with van der Waals surface area (Å²) in [5.74, 6) is 2.63. The Bertz CT molecular complexity index is 506. The lowest BCUT2D eigenvalue weighted by Gasteiger charge is -2.04. The first-order chi connectivity index (χ1) is 6.85. The third kappa shape index (κ3) is 1.37. The molecule has 0 saturated carbocycles. The van der Waals surface area contributed by atoms with Crippen molar-refractivity contribution in [3.63, 3.8) is 0 Å². The number of hydrogen-bond donors (Lipinski definition) is 1. The number of terminal acetylenes is 1. The molecular formula is C13H11N. The van der Waals surface area contributed by atoms with E-state index in [1.54, 1.807) is 0 Å². The number of fused-ring (bicyclic) bond motifs is 1. The van der Waals surface area contributed by atoms with Gasteiger partial charge in [-0.15, -0.1) is 6.42 Å². The van der Waals surface area contributed by atoms with Crippen LogP contribution in [0.1, 0.15) is 11.1 Å². The first-order valence-electron chi connectivity index (χ1n) is 4.53. The van der Waals surface area contributed by atoms with Gasteiger partial charge in [0.2, 0.25) is 0 Å². The summed E-state index contributed by atoms with van der Waals surface area (Å²) in [5, 5.41) is 2.34. The van der Waals surface area contributed by atoms with Crippen LogP contribution in [-0.2, 0) is 6.54 Å². The van der Waals surface area contributed by atoms with Crippen LogP contribution in [0.5, 0.6) is 0 Å². The highest BCUT2D eigenvalue weighted by atomic mass is 14.5. The second-order valence-electron chi connectivity index (χ2n) is 3.20. The Morgan fingerprint density at radius 2 is 2.07 bits per heavy atom. The second-order valence-corrected chi connectivity index (χ2v) is 3.20. The zero-order valence-corrected chi connectivity index (χ0v) is 7.83. The summed E-state index contributed by atoms with van der Waals surface area (Å²) in [4.78, 5) is 0. The van der Waals surface area contributed by atoms with Gasteiger partial charge in [0, 0.05) is 12.1 Å². The van der Waals surface area contributed by atoms with Crippen LogP contribution in [0.2, 0.25) is 0 Å². The van der Waals surface area contributed by atoms with Crippen molar-refractivity contribution in [3.05, 3.63) is 47.5 Å². The molecule has 0 atom stereocenters. The van der Waals surface area contributed by atoms with Crippen LogP contribution in [0.3, 0.4) is 0 Å². The summed E-state index contributed by atoms with van der Waals surface area (Å²) in [6.45, 7) is 0.547. The largest absolute Gasteiger partial charge is 0.326 e. The molecule has 0 heterocycles. The lowest BCUT2D eigenvalue weighted by atomic mass is 10.0. The molecule has 68 valence electrons. The van der Waals surface area contributed by atoms with Crippen LogP contribution in [0.25, 0.3) is 10.8 Å². The molecule has 2 N–H and O–H groups in total. The lowest BCUT2D eigenvalue weighted by Crippen LogP contribution is -1.96. The number of hydrogen-bond acceptors (Lipinski definition) is 1. The number of nitrogens with two attached hydrogens (primary N) is 1. The predicted octanol–water partition coefficient (Wildman–Crippen LogP) is 2.28. The lowest BCUT2D eigenvalue weighted by molar-refractivity contribution is 1.09. The zero-order chi connectivity index (χ0) is 9.97. The monoisotopic (exact) mass is 181 g/mol. The minimum absolute atomic E-state index is 0.547. The molecule has 2 aromatic rings. The first kappa shape index (κ1) is 8.80. The van der Waals surface area contributed by atoms with E-state index < -0.39 is 0 Å². The molecule has 1 heteroatoms. The topological polar surface area (TPSA) is 26.0 Å². The molecule has 0 amide bonds. The summed E-state index contributed by atoms with van der Waals surface area (Å²) in [5.41, 5.74) is 7.70. The maximum Gasteiger partial charge on any atom is 0.0249 e. The van der Waals surface area contributed by atoms with Gasteiger partial charge in [0.25, 0.3) is 0 Å². The average molecular weight is 181 g/mol. The fraction of sp³-hybridized carbons (Fsp3) is 0.0769. The maximum atomic E-state index is 5.66. The van der Waals surface area contributed by atoms with Crippen LogP contribution >= 0.6 is 0 Å². The van der Waals surface area contributed by atoms with Crippen molar-refractivity contribution in [3.8, 4) is 12.3 Å². The van der Waals surface area contributed by atoms with Gasteiger partial charge in [-0.05, 0) is 28.5 Å². The van der Waals surface area contributed by atoms with E-state index in [9.17, 15) is 0 Å². The average Bonchev–Trinajstić information content (AvgIpc) is 2.27. The van der Waals surface area contributed by atoms with Crippen LogP contribution in [0.4, 0.5) is 0 Å². The summed E-state index contributed by atoms with van der Waals surface area (Å²) in [6, 6.07) is 12.1. The van der Waals surface area contributed by atoms with Gasteiger partial charge in [-0.2, -0.15) is 0 Å². The van der Waals surface area contributed by atoms with Gasteiger partial charge in [0.05, 0.1) is 0 Å². The van der Waals surface area contributed by atoms with Crippen LogP contribution in [-0.4, -0.2) is 0 Å². The first-order valence-corrected chi connectivity index (χ1v) is 4.53. The van der Waals surface area contributed by atoms with E-state index >= 15 is 0 Å². The normalized spacial score (nSPS) is 10.0. The Kier molecular flexibility index (Phi) is 2.22. The fourth-order valence-electron chi connectivity index (χ4n) is 1.61. The van der Waals surface area contributed by atoms with Gasteiger partial charge < -0.3 is 5.73 Å². The van der Waals surface area contributed by atoms with E-state index in [0.717, 1.165) is 16.5 Å². The zero-order valence-electron chi connectivity index (χ0n) is 7.83. The summed E-state index contributed by atoms with van der Waals surface area (Å²) in [6.07, 6.45) is 5.35. The molecule has 14 heavy (non-hydrogen) atoms. The van der Waals surface area contributed by atoms with Gasteiger partial charge >= 0.3 is 0 Å². The van der Waals surface area contributed by atoms with Crippen molar-refractivity contribution >= 4 is 10.8 Å². The number of rotatable bonds is 1.